The maximum Gasteiger partial charge on any atom is 0.339 e. The lowest BCUT2D eigenvalue weighted by atomic mass is 9.97. The van der Waals surface area contributed by atoms with Crippen molar-refractivity contribution < 1.29 is 42.1 Å². The maximum absolute atomic E-state index is 13.7. The molecule has 13 heteroatoms. The van der Waals surface area contributed by atoms with Crippen molar-refractivity contribution >= 4 is 68.6 Å². The Morgan fingerprint density at radius 1 is 0.630 bits per heavy atom. The summed E-state index contributed by atoms with van der Waals surface area (Å²) in [6, 6.07) is 6.83. The van der Waals surface area contributed by atoms with Gasteiger partial charge in [0.15, 0.2) is 0 Å². The Kier molecular flexibility index (Phi) is 20.0. The first-order valence-electron chi connectivity index (χ1n) is 15.6. The van der Waals surface area contributed by atoms with Gasteiger partial charge in [-0.25, -0.2) is 27.6 Å². The van der Waals surface area contributed by atoms with E-state index in [1.54, 1.807) is 0 Å². The smallest absolute Gasteiger partial charge is 0.339 e. The highest BCUT2D eigenvalue weighted by molar-refractivity contribution is 9.10. The van der Waals surface area contributed by atoms with Gasteiger partial charge in [0.2, 0.25) is 0 Å². The van der Waals surface area contributed by atoms with Crippen molar-refractivity contribution in [1.82, 2.24) is 0 Å². The molecule has 1 N–H and O–H groups in total. The van der Waals surface area contributed by atoms with Crippen molar-refractivity contribution in [3.63, 3.8) is 0 Å². The third-order valence-electron chi connectivity index (χ3n) is 5.74. The molecular formula is C41H41BrCl3F3O6. The number of carboxylic acids is 1. The summed E-state index contributed by atoms with van der Waals surface area (Å²) >= 11 is 20.2. The van der Waals surface area contributed by atoms with Gasteiger partial charge in [-0.05, 0) is 115 Å². The third kappa shape index (κ3) is 18.8. The van der Waals surface area contributed by atoms with E-state index in [-0.39, 0.29) is 63.6 Å². The fourth-order valence-corrected chi connectivity index (χ4v) is 4.22. The summed E-state index contributed by atoms with van der Waals surface area (Å²) in [5, 5.41) is 9.02. The lowest BCUT2D eigenvalue weighted by molar-refractivity contribution is 0.0591. The lowest BCUT2D eigenvalue weighted by Crippen LogP contribution is -2.04. The van der Waals surface area contributed by atoms with Gasteiger partial charge in [0.25, 0.3) is 0 Å². The molecule has 0 saturated heterocycles. The summed E-state index contributed by atoms with van der Waals surface area (Å²) in [7, 11) is 2.42. The van der Waals surface area contributed by atoms with Crippen LogP contribution in [0.2, 0.25) is 15.1 Å². The van der Waals surface area contributed by atoms with E-state index in [4.69, 9.17) is 46.3 Å². The molecule has 0 heterocycles. The largest absolute Gasteiger partial charge is 0.478 e. The van der Waals surface area contributed by atoms with Gasteiger partial charge in [0.1, 0.15) is 17.5 Å². The van der Waals surface area contributed by atoms with E-state index in [9.17, 15) is 27.6 Å². The Morgan fingerprint density at radius 2 is 0.944 bits per heavy atom. The molecule has 0 saturated carbocycles. The topological polar surface area (TPSA) is 89.9 Å². The van der Waals surface area contributed by atoms with Crippen LogP contribution in [-0.2, 0) is 9.47 Å². The minimum absolute atomic E-state index is 0.00187. The van der Waals surface area contributed by atoms with Crippen LogP contribution in [0, 0.1) is 69.7 Å². The number of hydrogen-bond acceptors (Lipinski definition) is 5. The Bertz CT molecular complexity index is 2020. The number of halogens is 7. The number of carboxylic acid groups (broad SMARTS) is 1. The number of carbonyl (C=O) groups excluding carboxylic acids is 2. The van der Waals surface area contributed by atoms with Gasteiger partial charge in [-0.15, -0.1) is 12.3 Å². The van der Waals surface area contributed by atoms with Crippen LogP contribution in [0.1, 0.15) is 105 Å². The molecule has 0 aromatic heterocycles. The second kappa shape index (κ2) is 21.7. The molecule has 0 radical (unpaired) electrons. The Balaban J connectivity index is 0.000000732. The monoisotopic (exact) mass is 870 g/mol. The predicted octanol–water partition coefficient (Wildman–Crippen LogP) is 11.9. The van der Waals surface area contributed by atoms with Gasteiger partial charge in [-0.3, -0.25) is 0 Å². The highest BCUT2D eigenvalue weighted by Crippen LogP contribution is 2.26. The molecule has 54 heavy (non-hydrogen) atoms. The molecule has 0 unspecified atom stereocenters. The number of rotatable bonds is 3. The zero-order valence-electron chi connectivity index (χ0n) is 31.7. The SMILES string of the molecule is C#CC(C)(C)C.CC(C)(C)C#Cc1cc(Cl)c(C(=O)O)cc1F.COC(=O)c1cc(F)c(Br)cc1Cl.COC(=O)c1cc(F)c(C#CC(C)(C)C)cc1Cl. The van der Waals surface area contributed by atoms with E-state index in [1.807, 2.05) is 62.3 Å². The first kappa shape index (κ1) is 49.9. The highest BCUT2D eigenvalue weighted by atomic mass is 79.9. The molecule has 6 nitrogen and oxygen atoms in total. The fraction of sp³-hybridized carbons (Fsp3) is 0.341. The van der Waals surface area contributed by atoms with Gasteiger partial charge in [0, 0.05) is 16.2 Å². The molecule has 0 aliphatic rings. The Hall–Kier alpha value is -4.11. The van der Waals surface area contributed by atoms with Crippen LogP contribution in [0.5, 0.6) is 0 Å². The van der Waals surface area contributed by atoms with Crippen molar-refractivity contribution in [2.45, 2.75) is 62.3 Å². The molecule has 0 aliphatic heterocycles. The summed E-state index contributed by atoms with van der Waals surface area (Å²) in [5.74, 6) is 9.34. The van der Waals surface area contributed by atoms with Crippen LogP contribution in [0.15, 0.2) is 40.9 Å². The van der Waals surface area contributed by atoms with Crippen molar-refractivity contribution in [2.24, 2.45) is 16.2 Å². The minimum atomic E-state index is -1.26. The number of aromatic carboxylic acids is 1. The standard InChI is InChI=1S/C14H14ClFO2.C13H12ClFO2.C8H5BrClFO2.C6H10/c1-14(2,3)6-5-9-7-11(15)10(8-12(9)16)13(17)18-4;1-13(2,3)5-4-8-6-10(14)9(12(16)17)7-11(8)15;1-13-8(12)4-2-7(11)5(9)3-6(4)10;1-5-6(2,3)4/h7-8H,1-4H3;6-7H,1-3H3,(H,16,17);2-3H,1H3;1H,2-4H3. The van der Waals surface area contributed by atoms with Crippen LogP contribution in [0.4, 0.5) is 13.2 Å². The average molecular weight is 873 g/mol. The van der Waals surface area contributed by atoms with Crippen molar-refractivity contribution in [3.05, 3.63) is 101 Å². The Morgan fingerprint density at radius 3 is 1.26 bits per heavy atom. The lowest BCUT2D eigenvalue weighted by Gasteiger charge is -2.07. The number of hydrogen-bond donors (Lipinski definition) is 1. The van der Waals surface area contributed by atoms with Gasteiger partial charge in [-0.1, -0.05) is 58.5 Å². The van der Waals surface area contributed by atoms with E-state index in [0.717, 1.165) is 18.2 Å². The second-order valence-corrected chi connectivity index (χ2v) is 16.1. The summed E-state index contributed by atoms with van der Waals surface area (Å²) in [5.41, 5.74) is -0.393. The van der Waals surface area contributed by atoms with E-state index in [1.165, 1.54) is 32.4 Å². The van der Waals surface area contributed by atoms with E-state index < -0.39 is 35.4 Å². The van der Waals surface area contributed by atoms with Crippen LogP contribution in [-0.4, -0.2) is 37.2 Å². The second-order valence-electron chi connectivity index (χ2n) is 14.1. The highest BCUT2D eigenvalue weighted by Gasteiger charge is 2.16. The third-order valence-corrected chi connectivity index (χ3v) is 7.29. The summed E-state index contributed by atoms with van der Waals surface area (Å²) in [6.45, 7) is 17.5. The van der Waals surface area contributed by atoms with Crippen molar-refractivity contribution in [2.75, 3.05) is 14.2 Å². The molecule has 0 atom stereocenters. The number of ether oxygens (including phenoxy) is 2. The summed E-state index contributed by atoms with van der Waals surface area (Å²) < 4.78 is 49.3. The number of carbonyl (C=O) groups is 3. The molecule has 290 valence electrons. The zero-order chi connectivity index (χ0) is 42.4. The normalized spacial score (nSPS) is 10.4. The fourth-order valence-electron chi connectivity index (χ4n) is 3.01. The molecule has 0 fully saturated rings. The molecule has 0 amide bonds. The number of methoxy groups -OCH3 is 2. The van der Waals surface area contributed by atoms with Crippen LogP contribution in [0.25, 0.3) is 0 Å². The quantitative estimate of drug-likeness (QED) is 0.160. The molecular weight excluding hydrogens is 832 g/mol. The van der Waals surface area contributed by atoms with Crippen LogP contribution < -0.4 is 0 Å². The van der Waals surface area contributed by atoms with Crippen LogP contribution in [0.3, 0.4) is 0 Å². The van der Waals surface area contributed by atoms with Gasteiger partial charge in [0.05, 0.1) is 61.6 Å². The molecule has 3 aromatic rings. The van der Waals surface area contributed by atoms with Crippen molar-refractivity contribution in [1.29, 1.82) is 0 Å². The van der Waals surface area contributed by atoms with Gasteiger partial charge in [-0.2, -0.15) is 0 Å². The Labute approximate surface area is 339 Å². The van der Waals surface area contributed by atoms with Crippen LogP contribution >= 0.6 is 50.7 Å². The van der Waals surface area contributed by atoms with Gasteiger partial charge >= 0.3 is 17.9 Å². The first-order chi connectivity index (χ1) is 24.6. The molecule has 0 spiro atoms. The van der Waals surface area contributed by atoms with E-state index in [0.29, 0.717) is 0 Å². The first-order valence-corrected chi connectivity index (χ1v) is 17.6. The summed E-state index contributed by atoms with van der Waals surface area (Å²) in [4.78, 5) is 33.0. The molecule has 3 aromatic carbocycles. The molecule has 0 bridgehead atoms. The number of terminal acetylenes is 1. The molecule has 3 rings (SSSR count). The van der Waals surface area contributed by atoms with E-state index >= 15 is 0 Å². The number of esters is 2. The minimum Gasteiger partial charge on any atom is -0.478 e. The average Bonchev–Trinajstić information content (AvgIpc) is 3.05. The van der Waals surface area contributed by atoms with Crippen molar-refractivity contribution in [3.8, 4) is 36.0 Å². The summed E-state index contributed by atoms with van der Waals surface area (Å²) in [6.07, 6.45) is 5.06. The number of benzene rings is 3. The maximum atomic E-state index is 13.7. The zero-order valence-corrected chi connectivity index (χ0v) is 35.5. The van der Waals surface area contributed by atoms with Gasteiger partial charge < -0.3 is 14.6 Å². The molecule has 0 aliphatic carbocycles. The predicted molar refractivity (Wildman–Crippen MR) is 213 cm³/mol. The van der Waals surface area contributed by atoms with E-state index in [2.05, 4.69) is 55.0 Å².